The molecule has 1 heterocycles. The Balaban J connectivity index is 1.76. The quantitative estimate of drug-likeness (QED) is 0.696. The van der Waals surface area contributed by atoms with Gasteiger partial charge >= 0.3 is 0 Å². The summed E-state index contributed by atoms with van der Waals surface area (Å²) in [6, 6.07) is 14.1. The van der Waals surface area contributed by atoms with E-state index in [1.165, 1.54) is 6.26 Å². The van der Waals surface area contributed by atoms with Gasteiger partial charge in [0.15, 0.2) is 20.8 Å². The van der Waals surface area contributed by atoms with E-state index in [9.17, 15) is 18.0 Å². The van der Waals surface area contributed by atoms with Crippen LogP contribution < -0.4 is 10.7 Å². The fourth-order valence-electron chi connectivity index (χ4n) is 3.51. The van der Waals surface area contributed by atoms with Crippen LogP contribution in [0.4, 0.5) is 0 Å². The van der Waals surface area contributed by atoms with Gasteiger partial charge in [0.25, 0.3) is 5.91 Å². The highest BCUT2D eigenvalue weighted by atomic mass is 32.2. The number of sulfone groups is 1. The summed E-state index contributed by atoms with van der Waals surface area (Å²) in [4.78, 5) is 25.7. The second kappa shape index (κ2) is 6.84. The summed E-state index contributed by atoms with van der Waals surface area (Å²) >= 11 is 0. The maximum absolute atomic E-state index is 12.9. The molecule has 0 unspecified atom stereocenters. The molecule has 1 amide bonds. The van der Waals surface area contributed by atoms with Gasteiger partial charge in [-0.05, 0) is 31.9 Å². The molecule has 1 saturated carbocycles. The molecule has 4 rings (SSSR count). The van der Waals surface area contributed by atoms with Crippen molar-refractivity contribution >= 4 is 26.7 Å². The molecule has 1 aromatic heterocycles. The number of amides is 1. The second-order valence-electron chi connectivity index (χ2n) is 7.57. The molecule has 0 saturated heterocycles. The van der Waals surface area contributed by atoms with Gasteiger partial charge in [0, 0.05) is 23.9 Å². The molecular formula is C22H21NO5S. The first-order valence-corrected chi connectivity index (χ1v) is 11.2. The number of carbonyl (C=O) groups is 1. The first-order chi connectivity index (χ1) is 13.7. The largest absolute Gasteiger partial charge is 0.455 e. The maximum Gasteiger partial charge on any atom is 0.255 e. The van der Waals surface area contributed by atoms with E-state index < -0.39 is 20.5 Å². The molecule has 0 atom stereocenters. The number of nitrogens with one attached hydrogen (secondary N) is 1. The molecule has 29 heavy (non-hydrogen) atoms. The maximum atomic E-state index is 12.9. The third-order valence-corrected chi connectivity index (χ3v) is 7.72. The van der Waals surface area contributed by atoms with Crippen LogP contribution in [0.3, 0.4) is 0 Å². The lowest BCUT2D eigenvalue weighted by Gasteiger charge is -2.15. The number of benzene rings is 2. The Labute approximate surface area is 168 Å². The van der Waals surface area contributed by atoms with Gasteiger partial charge in [-0.2, -0.15) is 0 Å². The fourth-order valence-corrected chi connectivity index (χ4v) is 4.69. The third kappa shape index (κ3) is 3.35. The first-order valence-electron chi connectivity index (χ1n) is 9.33. The van der Waals surface area contributed by atoms with Crippen molar-refractivity contribution in [1.82, 2.24) is 5.32 Å². The van der Waals surface area contributed by atoms with Crippen molar-refractivity contribution in [3.05, 3.63) is 69.9 Å². The predicted molar refractivity (Wildman–Crippen MR) is 112 cm³/mol. The Kier molecular flexibility index (Phi) is 4.58. The fraction of sp³-hybridized carbons (Fsp3) is 0.273. The van der Waals surface area contributed by atoms with Crippen LogP contribution in [0.5, 0.6) is 0 Å². The van der Waals surface area contributed by atoms with Crippen molar-refractivity contribution in [3.63, 3.8) is 0 Å². The summed E-state index contributed by atoms with van der Waals surface area (Å²) in [5, 5.41) is 3.03. The molecule has 0 aliphatic heterocycles. The monoisotopic (exact) mass is 411 g/mol. The lowest BCUT2D eigenvalue weighted by molar-refractivity contribution is 0.0953. The minimum absolute atomic E-state index is 0.0443. The SMILES string of the molecule is Cc1c(-c2ccccc2)oc2c(C(=O)NCC3(S(C)(=O)=O)CC3)cccc2c1=O. The summed E-state index contributed by atoms with van der Waals surface area (Å²) in [7, 11) is -3.25. The van der Waals surface area contributed by atoms with E-state index in [2.05, 4.69) is 5.32 Å². The molecule has 150 valence electrons. The van der Waals surface area contributed by atoms with Crippen molar-refractivity contribution in [2.75, 3.05) is 12.8 Å². The molecular weight excluding hydrogens is 390 g/mol. The summed E-state index contributed by atoms with van der Waals surface area (Å²) in [6.45, 7) is 1.74. The van der Waals surface area contributed by atoms with Crippen LogP contribution in [-0.2, 0) is 9.84 Å². The van der Waals surface area contributed by atoms with E-state index in [0.29, 0.717) is 29.6 Å². The van der Waals surface area contributed by atoms with Gasteiger partial charge in [-0.3, -0.25) is 9.59 Å². The van der Waals surface area contributed by atoms with E-state index in [4.69, 9.17) is 4.42 Å². The second-order valence-corrected chi connectivity index (χ2v) is 9.98. The molecule has 3 aromatic rings. The number of carbonyl (C=O) groups excluding carboxylic acids is 1. The van der Waals surface area contributed by atoms with Crippen LogP contribution in [-0.4, -0.2) is 31.9 Å². The molecule has 1 aliphatic rings. The average Bonchev–Trinajstić information content (AvgIpc) is 3.50. The summed E-state index contributed by atoms with van der Waals surface area (Å²) in [5.74, 6) is -0.0466. The molecule has 6 nitrogen and oxygen atoms in total. The van der Waals surface area contributed by atoms with E-state index in [1.807, 2.05) is 30.3 Å². The number of fused-ring (bicyclic) bond motifs is 1. The van der Waals surface area contributed by atoms with Crippen molar-refractivity contribution in [2.24, 2.45) is 0 Å². The number of rotatable bonds is 5. The van der Waals surface area contributed by atoms with Gasteiger partial charge < -0.3 is 9.73 Å². The van der Waals surface area contributed by atoms with Gasteiger partial charge in [-0.25, -0.2) is 8.42 Å². The average molecular weight is 411 g/mol. The normalized spacial score (nSPS) is 15.2. The highest BCUT2D eigenvalue weighted by Crippen LogP contribution is 2.42. The van der Waals surface area contributed by atoms with Crippen LogP contribution in [0, 0.1) is 6.92 Å². The van der Waals surface area contributed by atoms with Crippen molar-refractivity contribution in [2.45, 2.75) is 24.5 Å². The molecule has 1 N–H and O–H groups in total. The van der Waals surface area contributed by atoms with Crippen LogP contribution in [0.2, 0.25) is 0 Å². The van der Waals surface area contributed by atoms with Gasteiger partial charge in [0.05, 0.1) is 15.7 Å². The Morgan fingerprint density at radius 1 is 1.10 bits per heavy atom. The summed E-state index contributed by atoms with van der Waals surface area (Å²) in [5.41, 5.74) is 1.42. The first kappa shape index (κ1) is 19.4. The number of hydrogen-bond donors (Lipinski definition) is 1. The van der Waals surface area contributed by atoms with Crippen LogP contribution in [0.25, 0.3) is 22.3 Å². The Bertz CT molecular complexity index is 1270. The minimum atomic E-state index is -3.25. The van der Waals surface area contributed by atoms with E-state index in [1.54, 1.807) is 25.1 Å². The standard InChI is InChI=1S/C22H21NO5S/c1-14-18(24)16-9-6-10-17(20(16)28-19(14)15-7-4-3-5-8-15)21(25)23-13-22(11-12-22)29(2,26)27/h3-10H,11-13H2,1-2H3,(H,23,25). The van der Waals surface area contributed by atoms with Crippen LogP contribution in [0.15, 0.2) is 57.7 Å². The van der Waals surface area contributed by atoms with Crippen molar-refractivity contribution in [3.8, 4) is 11.3 Å². The zero-order chi connectivity index (χ0) is 20.8. The van der Waals surface area contributed by atoms with E-state index in [0.717, 1.165) is 5.56 Å². The third-order valence-electron chi connectivity index (χ3n) is 5.59. The minimum Gasteiger partial charge on any atom is -0.455 e. The van der Waals surface area contributed by atoms with Crippen LogP contribution >= 0.6 is 0 Å². The molecule has 0 radical (unpaired) electrons. The summed E-state index contributed by atoms with van der Waals surface area (Å²) < 4.78 is 29.1. The predicted octanol–water partition coefficient (Wildman–Crippen LogP) is 3.08. The van der Waals surface area contributed by atoms with Gasteiger partial charge in [-0.1, -0.05) is 36.4 Å². The molecule has 0 spiro atoms. The lowest BCUT2D eigenvalue weighted by Crippen LogP contribution is -2.38. The highest BCUT2D eigenvalue weighted by molar-refractivity contribution is 7.92. The molecule has 1 fully saturated rings. The van der Waals surface area contributed by atoms with E-state index in [-0.39, 0.29) is 23.1 Å². The molecule has 0 bridgehead atoms. The zero-order valence-corrected chi connectivity index (χ0v) is 17.0. The number of hydrogen-bond acceptors (Lipinski definition) is 5. The van der Waals surface area contributed by atoms with Gasteiger partial charge in [-0.15, -0.1) is 0 Å². The van der Waals surface area contributed by atoms with Crippen LogP contribution in [0.1, 0.15) is 28.8 Å². The van der Waals surface area contributed by atoms with Gasteiger partial charge in [0.2, 0.25) is 0 Å². The van der Waals surface area contributed by atoms with E-state index >= 15 is 0 Å². The van der Waals surface area contributed by atoms with Gasteiger partial charge in [0.1, 0.15) is 5.76 Å². The molecule has 2 aromatic carbocycles. The lowest BCUT2D eigenvalue weighted by atomic mass is 10.0. The summed E-state index contributed by atoms with van der Waals surface area (Å²) in [6.07, 6.45) is 2.26. The molecule has 7 heteroatoms. The Hall–Kier alpha value is -2.93. The van der Waals surface area contributed by atoms with Crippen molar-refractivity contribution in [1.29, 1.82) is 0 Å². The smallest absolute Gasteiger partial charge is 0.255 e. The number of para-hydroxylation sites is 1. The molecule has 1 aliphatic carbocycles. The van der Waals surface area contributed by atoms with Crippen molar-refractivity contribution < 1.29 is 17.6 Å². The highest BCUT2D eigenvalue weighted by Gasteiger charge is 2.52. The topological polar surface area (TPSA) is 93.4 Å². The zero-order valence-electron chi connectivity index (χ0n) is 16.2. The Morgan fingerprint density at radius 2 is 1.79 bits per heavy atom. The Morgan fingerprint density at radius 3 is 2.41 bits per heavy atom.